The van der Waals surface area contributed by atoms with Gasteiger partial charge in [0, 0.05) is 55.0 Å². The zero-order valence-electron chi connectivity index (χ0n) is 20.1. The number of nitrogens with zero attached hydrogens (tertiary/aromatic N) is 4. The summed E-state index contributed by atoms with van der Waals surface area (Å²) >= 11 is 0. The van der Waals surface area contributed by atoms with Crippen LogP contribution in [0.2, 0.25) is 0 Å². The average molecular weight is 496 g/mol. The Morgan fingerprint density at radius 2 is 1.91 bits per heavy atom. The topological polar surface area (TPSA) is 122 Å². The highest BCUT2D eigenvalue weighted by Crippen LogP contribution is 2.21. The van der Waals surface area contributed by atoms with Crippen molar-refractivity contribution < 1.29 is 13.2 Å². The Labute approximate surface area is 204 Å². The van der Waals surface area contributed by atoms with Crippen LogP contribution < -0.4 is 15.4 Å². The smallest absolute Gasteiger partial charge is 0.251 e. The van der Waals surface area contributed by atoms with Crippen molar-refractivity contribution in [2.45, 2.75) is 44.8 Å². The second-order valence-corrected chi connectivity index (χ2v) is 10.4. The lowest BCUT2D eigenvalue weighted by Gasteiger charge is -2.14. The molecule has 35 heavy (non-hydrogen) atoms. The van der Waals surface area contributed by atoms with E-state index in [4.69, 9.17) is 0 Å². The second kappa shape index (κ2) is 9.88. The maximum absolute atomic E-state index is 13.0. The third-order valence-electron chi connectivity index (χ3n) is 5.31. The number of rotatable bonds is 9. The van der Waals surface area contributed by atoms with Crippen LogP contribution in [0.5, 0.6) is 0 Å². The first-order chi connectivity index (χ1) is 16.6. The SMILES string of the molecule is Cc1nn(C)cc1CNc1cc(C(=O)NCc2cn3ccccc3n2)cc(S(=O)(=O)NC(C)C)c1. The lowest BCUT2D eigenvalue weighted by atomic mass is 10.1. The number of fused-ring (bicyclic) bond motifs is 1. The van der Waals surface area contributed by atoms with E-state index in [0.29, 0.717) is 17.9 Å². The maximum atomic E-state index is 13.0. The minimum absolute atomic E-state index is 0.0111. The highest BCUT2D eigenvalue weighted by Gasteiger charge is 2.19. The molecule has 0 fully saturated rings. The second-order valence-electron chi connectivity index (χ2n) is 8.67. The first kappa shape index (κ1) is 24.4. The minimum atomic E-state index is -3.81. The number of anilines is 1. The number of imidazole rings is 1. The molecule has 4 rings (SSSR count). The quantitative estimate of drug-likeness (QED) is 0.328. The Balaban J connectivity index is 1.58. The predicted molar refractivity (Wildman–Crippen MR) is 134 cm³/mol. The third kappa shape index (κ3) is 5.87. The molecule has 10 nitrogen and oxygen atoms in total. The van der Waals surface area contributed by atoms with Crippen molar-refractivity contribution in [3.63, 3.8) is 0 Å². The van der Waals surface area contributed by atoms with Gasteiger partial charge in [-0.3, -0.25) is 9.48 Å². The number of sulfonamides is 1. The van der Waals surface area contributed by atoms with Crippen LogP contribution >= 0.6 is 0 Å². The zero-order chi connectivity index (χ0) is 25.2. The number of pyridine rings is 1. The van der Waals surface area contributed by atoms with Crippen LogP contribution in [0.1, 0.15) is 41.2 Å². The summed E-state index contributed by atoms with van der Waals surface area (Å²) in [4.78, 5) is 17.5. The first-order valence-corrected chi connectivity index (χ1v) is 12.7. The van der Waals surface area contributed by atoms with Gasteiger partial charge in [0.15, 0.2) is 0 Å². The molecule has 0 spiro atoms. The Morgan fingerprint density at radius 1 is 1.11 bits per heavy atom. The molecular formula is C24H29N7O3S. The van der Waals surface area contributed by atoms with Crippen molar-refractivity contribution in [2.24, 2.45) is 7.05 Å². The van der Waals surface area contributed by atoms with Crippen LogP contribution in [0.4, 0.5) is 5.69 Å². The lowest BCUT2D eigenvalue weighted by Crippen LogP contribution is -2.30. The number of nitrogens with one attached hydrogen (secondary N) is 3. The van der Waals surface area contributed by atoms with E-state index in [1.165, 1.54) is 12.1 Å². The molecule has 0 unspecified atom stereocenters. The summed E-state index contributed by atoms with van der Waals surface area (Å²) < 4.78 is 31.9. The molecule has 11 heteroatoms. The van der Waals surface area contributed by atoms with E-state index in [2.05, 4.69) is 25.4 Å². The molecule has 3 heterocycles. The van der Waals surface area contributed by atoms with E-state index in [9.17, 15) is 13.2 Å². The summed E-state index contributed by atoms with van der Waals surface area (Å²) in [5.74, 6) is -0.399. The number of benzene rings is 1. The van der Waals surface area contributed by atoms with Crippen LogP contribution in [-0.2, 0) is 30.2 Å². The lowest BCUT2D eigenvalue weighted by molar-refractivity contribution is 0.0950. The molecule has 0 atom stereocenters. The molecule has 0 aliphatic heterocycles. The van der Waals surface area contributed by atoms with E-state index in [-0.39, 0.29) is 23.0 Å². The molecule has 0 saturated carbocycles. The van der Waals surface area contributed by atoms with Gasteiger partial charge in [0.25, 0.3) is 5.91 Å². The van der Waals surface area contributed by atoms with Gasteiger partial charge in [-0.2, -0.15) is 5.10 Å². The normalized spacial score (nSPS) is 11.8. The molecule has 4 aromatic rings. The molecule has 0 bridgehead atoms. The summed E-state index contributed by atoms with van der Waals surface area (Å²) in [6.45, 7) is 6.03. The van der Waals surface area contributed by atoms with Gasteiger partial charge >= 0.3 is 0 Å². The Bertz CT molecular complexity index is 1440. The van der Waals surface area contributed by atoms with Crippen molar-refractivity contribution in [3.8, 4) is 0 Å². The fourth-order valence-electron chi connectivity index (χ4n) is 3.73. The number of aryl methyl sites for hydroxylation is 2. The Kier molecular flexibility index (Phi) is 6.90. The number of hydrogen-bond acceptors (Lipinski definition) is 6. The first-order valence-electron chi connectivity index (χ1n) is 11.2. The molecular weight excluding hydrogens is 466 g/mol. The van der Waals surface area contributed by atoms with Crippen LogP contribution in [0.15, 0.2) is 59.9 Å². The summed E-state index contributed by atoms with van der Waals surface area (Å²) in [5, 5.41) is 10.4. The van der Waals surface area contributed by atoms with Gasteiger partial charge in [-0.25, -0.2) is 18.1 Å². The number of carbonyl (C=O) groups is 1. The Morgan fingerprint density at radius 3 is 2.60 bits per heavy atom. The van der Waals surface area contributed by atoms with Gasteiger partial charge in [-0.05, 0) is 51.1 Å². The summed E-state index contributed by atoms with van der Waals surface area (Å²) in [7, 11) is -1.97. The fourth-order valence-corrected chi connectivity index (χ4v) is 5.05. The highest BCUT2D eigenvalue weighted by atomic mass is 32.2. The summed E-state index contributed by atoms with van der Waals surface area (Å²) in [6.07, 6.45) is 5.61. The largest absolute Gasteiger partial charge is 0.381 e. The average Bonchev–Trinajstić information content (AvgIpc) is 3.36. The molecule has 3 N–H and O–H groups in total. The molecule has 184 valence electrons. The number of hydrogen-bond donors (Lipinski definition) is 3. The van der Waals surface area contributed by atoms with E-state index < -0.39 is 15.9 Å². The number of aromatic nitrogens is 4. The van der Waals surface area contributed by atoms with E-state index in [1.807, 2.05) is 55.2 Å². The van der Waals surface area contributed by atoms with Crippen LogP contribution in [0, 0.1) is 6.92 Å². The molecule has 3 aromatic heterocycles. The summed E-state index contributed by atoms with van der Waals surface area (Å²) in [6, 6.07) is 9.92. The van der Waals surface area contributed by atoms with Crippen molar-refractivity contribution in [1.82, 2.24) is 29.2 Å². The van der Waals surface area contributed by atoms with E-state index >= 15 is 0 Å². The fraction of sp³-hybridized carbons (Fsp3) is 0.292. The molecule has 0 aliphatic rings. The van der Waals surface area contributed by atoms with Crippen molar-refractivity contribution in [2.75, 3.05) is 5.32 Å². The third-order valence-corrected chi connectivity index (χ3v) is 6.95. The minimum Gasteiger partial charge on any atom is -0.381 e. The monoisotopic (exact) mass is 495 g/mol. The van der Waals surface area contributed by atoms with Gasteiger partial charge < -0.3 is 15.0 Å². The van der Waals surface area contributed by atoms with Gasteiger partial charge in [0.1, 0.15) is 5.65 Å². The van der Waals surface area contributed by atoms with Gasteiger partial charge in [0.2, 0.25) is 10.0 Å². The van der Waals surface area contributed by atoms with Crippen molar-refractivity contribution >= 4 is 27.3 Å². The molecule has 0 radical (unpaired) electrons. The van der Waals surface area contributed by atoms with Crippen LogP contribution in [0.25, 0.3) is 5.65 Å². The maximum Gasteiger partial charge on any atom is 0.251 e. The van der Waals surface area contributed by atoms with Gasteiger partial charge in [-0.15, -0.1) is 0 Å². The molecule has 0 saturated heterocycles. The zero-order valence-corrected chi connectivity index (χ0v) is 20.9. The van der Waals surface area contributed by atoms with Crippen molar-refractivity contribution in [1.29, 1.82) is 0 Å². The predicted octanol–water partition coefficient (Wildman–Crippen LogP) is 2.61. The highest BCUT2D eigenvalue weighted by molar-refractivity contribution is 7.89. The molecule has 1 aromatic carbocycles. The van der Waals surface area contributed by atoms with Crippen molar-refractivity contribution in [3.05, 3.63) is 77.5 Å². The number of carbonyl (C=O) groups excluding carboxylic acids is 1. The van der Waals surface area contributed by atoms with E-state index in [1.54, 1.807) is 24.6 Å². The van der Waals surface area contributed by atoms with Gasteiger partial charge in [0.05, 0.1) is 22.8 Å². The number of amides is 1. The molecule has 1 amide bonds. The molecule has 0 aliphatic carbocycles. The summed E-state index contributed by atoms with van der Waals surface area (Å²) in [5.41, 5.74) is 4.06. The van der Waals surface area contributed by atoms with Crippen LogP contribution in [0.3, 0.4) is 0 Å². The van der Waals surface area contributed by atoms with E-state index in [0.717, 1.165) is 16.9 Å². The van der Waals surface area contributed by atoms with Crippen LogP contribution in [-0.4, -0.2) is 39.5 Å². The standard InChI is InChI=1S/C24H29N7O3S/c1-16(2)29-35(33,34)22-10-18(9-20(11-22)25-12-19-14-30(4)28-17(19)3)24(32)26-13-21-15-31-8-6-5-7-23(31)27-21/h5-11,14-16,25,29H,12-13H2,1-4H3,(H,26,32). The van der Waals surface area contributed by atoms with Gasteiger partial charge in [-0.1, -0.05) is 6.07 Å². The Hall–Kier alpha value is -3.70.